The molecule has 0 aromatic heterocycles. The van der Waals surface area contributed by atoms with Crippen LogP contribution in [0.1, 0.15) is 92.2 Å². The van der Waals surface area contributed by atoms with E-state index in [1.54, 1.807) is 0 Å². The van der Waals surface area contributed by atoms with E-state index in [9.17, 15) is 13.0 Å². The standard InChI is InChI=1S/C36H42O5S/c1-25(21-22-40-29(5)42(37,38)39)41-36-34(27(3)31-17-11-7-12-18-31)23-33(26(2)30-15-9-6-10-16-30)24-35(36)28(4)32-19-13-8-14-20-32/h6-20,23-29H,21-22H2,1-5H3,(H,37,38,39). The average molecular weight is 587 g/mol. The van der Waals surface area contributed by atoms with E-state index < -0.39 is 15.6 Å². The summed E-state index contributed by atoms with van der Waals surface area (Å²) in [6.07, 6.45) is 0.194. The van der Waals surface area contributed by atoms with Gasteiger partial charge in [-0.3, -0.25) is 4.55 Å². The van der Waals surface area contributed by atoms with Crippen LogP contribution in [-0.2, 0) is 14.9 Å². The first-order chi connectivity index (χ1) is 20.1. The van der Waals surface area contributed by atoms with Crippen molar-refractivity contribution in [3.8, 4) is 5.75 Å². The molecule has 6 heteroatoms. The van der Waals surface area contributed by atoms with Crippen LogP contribution < -0.4 is 4.74 Å². The van der Waals surface area contributed by atoms with E-state index in [1.165, 1.54) is 29.2 Å². The second-order valence-corrected chi connectivity index (χ2v) is 12.8. The van der Waals surface area contributed by atoms with Gasteiger partial charge in [0.25, 0.3) is 10.1 Å². The van der Waals surface area contributed by atoms with E-state index in [2.05, 4.69) is 106 Å². The maximum atomic E-state index is 11.4. The Kier molecular flexibility index (Phi) is 10.6. The van der Waals surface area contributed by atoms with Gasteiger partial charge < -0.3 is 9.47 Å². The number of hydrogen-bond donors (Lipinski definition) is 1. The van der Waals surface area contributed by atoms with Crippen LogP contribution in [0, 0.1) is 0 Å². The van der Waals surface area contributed by atoms with Gasteiger partial charge >= 0.3 is 0 Å². The smallest absolute Gasteiger partial charge is 0.291 e. The highest BCUT2D eigenvalue weighted by Crippen LogP contribution is 2.43. The third-order valence-electron chi connectivity index (χ3n) is 8.12. The maximum Gasteiger partial charge on any atom is 0.291 e. The SMILES string of the molecule is CC(CCOC(C)S(=O)(=O)O)Oc1c(C(C)c2ccccc2)cc(C(C)c2ccccc2)cc1C(C)c1ccccc1. The minimum atomic E-state index is -4.26. The summed E-state index contributed by atoms with van der Waals surface area (Å²) in [5.41, 5.74) is 5.80. The molecule has 4 aromatic rings. The number of ether oxygens (including phenoxy) is 2. The summed E-state index contributed by atoms with van der Waals surface area (Å²) in [6.45, 7) is 10.1. The Bertz CT molecular complexity index is 1450. The summed E-state index contributed by atoms with van der Waals surface area (Å²) in [7, 11) is -4.26. The predicted molar refractivity (Wildman–Crippen MR) is 170 cm³/mol. The molecule has 0 radical (unpaired) electrons. The highest BCUT2D eigenvalue weighted by molar-refractivity contribution is 7.86. The third-order valence-corrected chi connectivity index (χ3v) is 9.09. The summed E-state index contributed by atoms with van der Waals surface area (Å²) in [6, 6.07) is 36.0. The van der Waals surface area contributed by atoms with Crippen molar-refractivity contribution in [2.75, 3.05) is 6.61 Å². The molecule has 0 fully saturated rings. The highest BCUT2D eigenvalue weighted by Gasteiger charge is 2.26. The Morgan fingerprint density at radius 1 is 0.619 bits per heavy atom. The lowest BCUT2D eigenvalue weighted by Crippen LogP contribution is -2.24. The molecular weight excluding hydrogens is 544 g/mol. The quantitative estimate of drug-likeness (QED) is 0.159. The van der Waals surface area contributed by atoms with Crippen LogP contribution in [0.25, 0.3) is 0 Å². The van der Waals surface area contributed by atoms with Crippen molar-refractivity contribution in [3.63, 3.8) is 0 Å². The molecule has 0 heterocycles. The molecule has 5 nitrogen and oxygen atoms in total. The second-order valence-electron chi connectivity index (χ2n) is 11.1. The third kappa shape index (κ3) is 7.88. The van der Waals surface area contributed by atoms with Gasteiger partial charge in [-0.1, -0.05) is 124 Å². The van der Waals surface area contributed by atoms with Gasteiger partial charge in [0.2, 0.25) is 0 Å². The van der Waals surface area contributed by atoms with Crippen LogP contribution in [0.2, 0.25) is 0 Å². The fourth-order valence-corrected chi connectivity index (χ4v) is 5.52. The number of benzene rings is 4. The van der Waals surface area contributed by atoms with Crippen molar-refractivity contribution in [1.29, 1.82) is 0 Å². The fraction of sp³-hybridized carbons (Fsp3) is 0.333. The molecule has 0 spiro atoms. The van der Waals surface area contributed by atoms with Crippen LogP contribution >= 0.6 is 0 Å². The second kappa shape index (κ2) is 14.1. The van der Waals surface area contributed by atoms with Crippen LogP contribution in [0.4, 0.5) is 0 Å². The molecule has 0 saturated carbocycles. The van der Waals surface area contributed by atoms with Gasteiger partial charge in [-0.15, -0.1) is 0 Å². The molecule has 0 aliphatic heterocycles. The molecule has 0 aliphatic carbocycles. The van der Waals surface area contributed by atoms with Crippen LogP contribution in [0.15, 0.2) is 103 Å². The maximum absolute atomic E-state index is 11.4. The summed E-state index contributed by atoms with van der Waals surface area (Å²) >= 11 is 0. The Hall–Kier alpha value is -3.45. The largest absolute Gasteiger partial charge is 0.490 e. The van der Waals surface area contributed by atoms with Crippen molar-refractivity contribution in [2.24, 2.45) is 0 Å². The molecule has 4 rings (SSSR count). The first-order valence-corrected chi connectivity index (χ1v) is 16.1. The number of hydrogen-bond acceptors (Lipinski definition) is 4. The van der Waals surface area contributed by atoms with Crippen LogP contribution in [-0.4, -0.2) is 31.1 Å². The van der Waals surface area contributed by atoms with Crippen molar-refractivity contribution >= 4 is 10.1 Å². The average Bonchev–Trinajstić information content (AvgIpc) is 3.00. The first-order valence-electron chi connectivity index (χ1n) is 14.6. The Balaban J connectivity index is 1.80. The van der Waals surface area contributed by atoms with Gasteiger partial charge in [0.1, 0.15) is 5.75 Å². The van der Waals surface area contributed by atoms with Gasteiger partial charge in [0.15, 0.2) is 5.44 Å². The predicted octanol–water partition coefficient (Wildman–Crippen LogP) is 8.55. The molecule has 1 N–H and O–H groups in total. The molecule has 42 heavy (non-hydrogen) atoms. The number of rotatable bonds is 13. The topological polar surface area (TPSA) is 72.8 Å². The zero-order valence-corrected chi connectivity index (χ0v) is 25.9. The lowest BCUT2D eigenvalue weighted by molar-refractivity contribution is 0.0804. The Morgan fingerprint density at radius 3 is 1.43 bits per heavy atom. The van der Waals surface area contributed by atoms with E-state index >= 15 is 0 Å². The molecule has 0 saturated heterocycles. The van der Waals surface area contributed by atoms with Gasteiger partial charge in [-0.05, 0) is 36.1 Å². The normalized spacial score (nSPS) is 15.4. The van der Waals surface area contributed by atoms with Crippen molar-refractivity contribution in [1.82, 2.24) is 0 Å². The molecule has 0 amide bonds. The summed E-state index contributed by atoms with van der Waals surface area (Å²) in [5.74, 6) is 1.15. The van der Waals surface area contributed by atoms with Crippen LogP contribution in [0.3, 0.4) is 0 Å². The van der Waals surface area contributed by atoms with E-state index in [0.29, 0.717) is 6.42 Å². The molecule has 5 unspecified atom stereocenters. The summed E-state index contributed by atoms with van der Waals surface area (Å²) in [5, 5.41) is 0. The highest BCUT2D eigenvalue weighted by atomic mass is 32.2. The lowest BCUT2D eigenvalue weighted by atomic mass is 9.81. The summed E-state index contributed by atoms with van der Waals surface area (Å²) < 4.78 is 44.2. The first kappa shape index (κ1) is 31.5. The van der Waals surface area contributed by atoms with Gasteiger partial charge in [-0.25, -0.2) is 0 Å². The summed E-state index contributed by atoms with van der Waals surface area (Å²) in [4.78, 5) is 0. The lowest BCUT2D eigenvalue weighted by Gasteiger charge is -2.28. The molecule has 222 valence electrons. The zero-order valence-electron chi connectivity index (χ0n) is 25.1. The minimum absolute atomic E-state index is 0.0638. The Labute approximate surface area is 251 Å². The van der Waals surface area contributed by atoms with E-state index in [4.69, 9.17) is 9.47 Å². The van der Waals surface area contributed by atoms with E-state index in [1.807, 2.05) is 25.1 Å². The van der Waals surface area contributed by atoms with Gasteiger partial charge in [-0.2, -0.15) is 8.42 Å². The van der Waals surface area contributed by atoms with Crippen molar-refractivity contribution in [2.45, 2.75) is 70.3 Å². The molecule has 0 bridgehead atoms. The molecule has 4 aromatic carbocycles. The molecule has 5 atom stereocenters. The van der Waals surface area contributed by atoms with Crippen molar-refractivity contribution < 1.29 is 22.4 Å². The monoisotopic (exact) mass is 586 g/mol. The minimum Gasteiger partial charge on any atom is -0.490 e. The Morgan fingerprint density at radius 2 is 1.02 bits per heavy atom. The van der Waals surface area contributed by atoms with Crippen molar-refractivity contribution in [3.05, 3.63) is 137 Å². The van der Waals surface area contributed by atoms with Crippen LogP contribution in [0.5, 0.6) is 5.75 Å². The van der Waals surface area contributed by atoms with E-state index in [0.717, 1.165) is 16.9 Å². The van der Waals surface area contributed by atoms with Gasteiger partial charge in [0.05, 0.1) is 12.7 Å². The fourth-order valence-electron chi connectivity index (χ4n) is 5.25. The zero-order chi connectivity index (χ0) is 30.3. The van der Waals surface area contributed by atoms with E-state index in [-0.39, 0.29) is 30.5 Å². The molecular formula is C36H42O5S. The van der Waals surface area contributed by atoms with Gasteiger partial charge in [0, 0.05) is 35.3 Å². The molecule has 0 aliphatic rings.